The number of para-hydroxylation sites is 1. The number of hydrogen-bond acceptors (Lipinski definition) is 7. The first-order valence-corrected chi connectivity index (χ1v) is 14.2. The summed E-state index contributed by atoms with van der Waals surface area (Å²) in [6.45, 7) is -0.0650. The SMILES string of the molecule is O=C(NCCO)C1=C[C@H]2OC3(Cc4ccccc4C3)O[C@H]2[C@H](OC(=O)c2ccccc2C=CCc2ccccc2O)C1. The standard InChI is InChI=1S/C34H33NO7/c36-17-16-35-32(38)26-18-29(31-30(19-26)41-34(42-31)20-24-10-1-2-11-25(24)21-34)40-33(39)27-14-5-3-8-22(27)12-7-13-23-9-4-6-15-28(23)37/h1-12,14-15,19,29-31,36-37H,13,16-18,20-21H2,(H,35,38)/t29-,30-,31+/m1/s1. The number of hydrogen-bond donors (Lipinski definition) is 3. The molecule has 0 unspecified atom stereocenters. The molecule has 2 aliphatic carbocycles. The van der Waals surface area contributed by atoms with Gasteiger partial charge in [-0.3, -0.25) is 4.79 Å². The van der Waals surface area contributed by atoms with E-state index in [1.54, 1.807) is 30.3 Å². The Kier molecular flexibility index (Phi) is 7.93. The van der Waals surface area contributed by atoms with Crippen LogP contribution >= 0.6 is 0 Å². The van der Waals surface area contributed by atoms with Gasteiger partial charge in [0.1, 0.15) is 24.1 Å². The summed E-state index contributed by atoms with van der Waals surface area (Å²) in [4.78, 5) is 26.5. The molecule has 3 aliphatic rings. The van der Waals surface area contributed by atoms with Crippen LogP contribution in [0.5, 0.6) is 5.75 Å². The maximum atomic E-state index is 13.6. The Bertz CT molecular complexity index is 1520. The molecule has 0 aromatic heterocycles. The molecule has 1 aliphatic heterocycles. The van der Waals surface area contributed by atoms with Crippen molar-refractivity contribution >= 4 is 18.0 Å². The topological polar surface area (TPSA) is 114 Å². The van der Waals surface area contributed by atoms with Gasteiger partial charge >= 0.3 is 5.97 Å². The molecule has 0 bridgehead atoms. The van der Waals surface area contributed by atoms with Gasteiger partial charge in [-0.25, -0.2) is 4.79 Å². The number of rotatable bonds is 8. The third-order valence-corrected chi connectivity index (χ3v) is 7.97. The lowest BCUT2D eigenvalue weighted by Gasteiger charge is -2.30. The number of allylic oxidation sites excluding steroid dienone is 1. The highest BCUT2D eigenvalue weighted by Gasteiger charge is 2.55. The van der Waals surface area contributed by atoms with Crippen LogP contribution in [0.25, 0.3) is 6.08 Å². The molecule has 3 aromatic carbocycles. The van der Waals surface area contributed by atoms with E-state index in [2.05, 4.69) is 17.4 Å². The molecule has 3 N–H and O–H groups in total. The van der Waals surface area contributed by atoms with E-state index in [4.69, 9.17) is 14.2 Å². The second-order valence-corrected chi connectivity index (χ2v) is 10.8. The lowest BCUT2D eigenvalue weighted by Crippen LogP contribution is -2.44. The second-order valence-electron chi connectivity index (χ2n) is 10.8. The Morgan fingerprint density at radius 2 is 1.69 bits per heavy atom. The van der Waals surface area contributed by atoms with Gasteiger partial charge in [0.2, 0.25) is 5.91 Å². The van der Waals surface area contributed by atoms with E-state index < -0.39 is 30.1 Å². The number of phenols is 1. The summed E-state index contributed by atoms with van der Waals surface area (Å²) in [6, 6.07) is 22.4. The second kappa shape index (κ2) is 11.9. The number of esters is 1. The predicted octanol–water partition coefficient (Wildman–Crippen LogP) is 3.89. The molecule has 3 aromatic rings. The number of phenolic OH excluding ortho intramolecular Hbond substituents is 1. The lowest BCUT2D eigenvalue weighted by molar-refractivity contribution is -0.172. The monoisotopic (exact) mass is 567 g/mol. The Labute approximate surface area is 244 Å². The highest BCUT2D eigenvalue weighted by atomic mass is 16.8. The molecule has 8 nitrogen and oxygen atoms in total. The van der Waals surface area contributed by atoms with E-state index >= 15 is 0 Å². The number of ether oxygens (including phenoxy) is 3. The number of aliphatic hydroxyl groups excluding tert-OH is 1. The van der Waals surface area contributed by atoms with Gasteiger partial charge in [-0.1, -0.05) is 72.8 Å². The summed E-state index contributed by atoms with van der Waals surface area (Å²) in [5.41, 5.74) is 4.56. The molecule has 0 radical (unpaired) electrons. The number of nitrogens with one attached hydrogen (secondary N) is 1. The molecule has 0 saturated carbocycles. The minimum Gasteiger partial charge on any atom is -0.508 e. The van der Waals surface area contributed by atoms with Gasteiger partial charge in [-0.2, -0.15) is 0 Å². The lowest BCUT2D eigenvalue weighted by atomic mass is 9.91. The van der Waals surface area contributed by atoms with E-state index in [0.717, 1.165) is 16.7 Å². The fourth-order valence-electron chi connectivity index (χ4n) is 5.97. The molecule has 6 rings (SSSR count). The number of fused-ring (bicyclic) bond motifs is 2. The van der Waals surface area contributed by atoms with Gasteiger partial charge in [-0.05, 0) is 46.9 Å². The van der Waals surface area contributed by atoms with E-state index in [9.17, 15) is 19.8 Å². The average Bonchev–Trinajstić information content (AvgIpc) is 3.55. The molecular weight excluding hydrogens is 534 g/mol. The van der Waals surface area contributed by atoms with E-state index in [1.807, 2.05) is 48.6 Å². The van der Waals surface area contributed by atoms with Gasteiger partial charge in [0, 0.05) is 31.4 Å². The minimum absolute atomic E-state index is 0.117. The van der Waals surface area contributed by atoms with Crippen molar-refractivity contribution < 1.29 is 34.0 Å². The third kappa shape index (κ3) is 5.74. The number of carbonyl (C=O) groups excluding carboxylic acids is 2. The van der Waals surface area contributed by atoms with Crippen LogP contribution in [-0.2, 0) is 38.3 Å². The van der Waals surface area contributed by atoms with Gasteiger partial charge in [-0.15, -0.1) is 0 Å². The first kappa shape index (κ1) is 27.9. The van der Waals surface area contributed by atoms with Crippen LogP contribution in [-0.4, -0.2) is 59.3 Å². The fraction of sp³-hybridized carbons (Fsp3) is 0.294. The molecule has 1 spiro atoms. The minimum atomic E-state index is -0.888. The maximum Gasteiger partial charge on any atom is 0.339 e. The number of carbonyl (C=O) groups is 2. The molecular formula is C34H33NO7. The van der Waals surface area contributed by atoms with Crippen molar-refractivity contribution in [3.63, 3.8) is 0 Å². The molecule has 42 heavy (non-hydrogen) atoms. The first-order valence-electron chi connectivity index (χ1n) is 14.2. The van der Waals surface area contributed by atoms with Crippen molar-refractivity contribution in [3.05, 3.63) is 118 Å². The third-order valence-electron chi connectivity index (χ3n) is 7.97. The quantitative estimate of drug-likeness (QED) is 0.354. The van der Waals surface area contributed by atoms with Gasteiger partial charge in [0.15, 0.2) is 5.79 Å². The van der Waals surface area contributed by atoms with Crippen molar-refractivity contribution in [2.45, 2.75) is 49.8 Å². The number of aromatic hydroxyl groups is 1. The van der Waals surface area contributed by atoms with Crippen LogP contribution < -0.4 is 5.32 Å². The van der Waals surface area contributed by atoms with Crippen LogP contribution in [0, 0.1) is 0 Å². The van der Waals surface area contributed by atoms with Crippen molar-refractivity contribution in [2.75, 3.05) is 13.2 Å². The van der Waals surface area contributed by atoms with Crippen LogP contribution in [0.2, 0.25) is 0 Å². The zero-order valence-corrected chi connectivity index (χ0v) is 23.1. The molecule has 1 fully saturated rings. The normalized spacial score (nSPS) is 22.0. The van der Waals surface area contributed by atoms with E-state index in [0.29, 0.717) is 36.0 Å². The van der Waals surface area contributed by atoms with E-state index in [1.165, 1.54) is 0 Å². The van der Waals surface area contributed by atoms with Crippen molar-refractivity contribution in [1.82, 2.24) is 5.32 Å². The number of benzene rings is 3. The van der Waals surface area contributed by atoms with Gasteiger partial charge in [0.05, 0.1) is 12.2 Å². The molecule has 3 atom stereocenters. The Morgan fingerprint density at radius 3 is 2.45 bits per heavy atom. The van der Waals surface area contributed by atoms with Crippen LogP contribution in [0.15, 0.2) is 90.5 Å². The van der Waals surface area contributed by atoms with Crippen molar-refractivity contribution in [2.24, 2.45) is 0 Å². The van der Waals surface area contributed by atoms with Crippen LogP contribution in [0.1, 0.15) is 39.0 Å². The fourth-order valence-corrected chi connectivity index (χ4v) is 5.97. The van der Waals surface area contributed by atoms with Crippen molar-refractivity contribution in [1.29, 1.82) is 0 Å². The average molecular weight is 568 g/mol. The zero-order valence-electron chi connectivity index (χ0n) is 23.1. The highest BCUT2D eigenvalue weighted by molar-refractivity contribution is 5.95. The molecule has 1 amide bonds. The predicted molar refractivity (Wildman–Crippen MR) is 156 cm³/mol. The highest BCUT2D eigenvalue weighted by Crippen LogP contribution is 2.45. The summed E-state index contributed by atoms with van der Waals surface area (Å²) in [5, 5.41) is 21.9. The van der Waals surface area contributed by atoms with Gasteiger partial charge < -0.3 is 29.7 Å². The zero-order chi connectivity index (χ0) is 29.1. The molecule has 1 heterocycles. The summed E-state index contributed by atoms with van der Waals surface area (Å²) in [6.07, 6.45) is 5.36. The summed E-state index contributed by atoms with van der Waals surface area (Å²) in [5.74, 6) is -1.54. The molecule has 8 heteroatoms. The first-order chi connectivity index (χ1) is 20.4. The number of aliphatic hydroxyl groups is 1. The Balaban J connectivity index is 1.22. The van der Waals surface area contributed by atoms with Gasteiger partial charge in [0.25, 0.3) is 0 Å². The summed E-state index contributed by atoms with van der Waals surface area (Å²) < 4.78 is 19.1. The smallest absolute Gasteiger partial charge is 0.339 e. The summed E-state index contributed by atoms with van der Waals surface area (Å²) >= 11 is 0. The van der Waals surface area contributed by atoms with E-state index in [-0.39, 0.29) is 31.2 Å². The summed E-state index contributed by atoms with van der Waals surface area (Å²) in [7, 11) is 0. The number of amides is 1. The molecule has 1 saturated heterocycles. The maximum absolute atomic E-state index is 13.6. The largest absolute Gasteiger partial charge is 0.508 e. The van der Waals surface area contributed by atoms with Crippen molar-refractivity contribution in [3.8, 4) is 5.75 Å². The molecule has 216 valence electrons. The van der Waals surface area contributed by atoms with Crippen LogP contribution in [0.4, 0.5) is 0 Å². The Hall–Kier alpha value is -4.24. The van der Waals surface area contributed by atoms with Crippen LogP contribution in [0.3, 0.4) is 0 Å². The Morgan fingerprint density at radius 1 is 0.976 bits per heavy atom.